The fraction of sp³-hybridized carbons (Fsp3) is 0.467. The molecule has 1 aromatic carbocycles. The summed E-state index contributed by atoms with van der Waals surface area (Å²) in [5, 5.41) is 0. The molecule has 0 radical (unpaired) electrons. The zero-order valence-corrected chi connectivity index (χ0v) is 23.5. The summed E-state index contributed by atoms with van der Waals surface area (Å²) >= 11 is 0. The van der Waals surface area contributed by atoms with Crippen molar-refractivity contribution in [3.63, 3.8) is 0 Å². The van der Waals surface area contributed by atoms with E-state index in [0.717, 1.165) is 22.6 Å². The number of hydrogen-bond donors (Lipinski definition) is 1. The lowest BCUT2D eigenvalue weighted by Crippen LogP contribution is -2.55. The van der Waals surface area contributed by atoms with Gasteiger partial charge in [-0.2, -0.15) is 0 Å². The molecule has 3 amide bonds. The Hall–Kier alpha value is -3.88. The van der Waals surface area contributed by atoms with Gasteiger partial charge >= 0.3 is 6.03 Å². The topological polar surface area (TPSA) is 91.6 Å². The summed E-state index contributed by atoms with van der Waals surface area (Å²) in [5.41, 5.74) is 9.14. The highest BCUT2D eigenvalue weighted by Crippen LogP contribution is 2.49. The Kier molecular flexibility index (Phi) is 7.09. The first-order chi connectivity index (χ1) is 18.7. The summed E-state index contributed by atoms with van der Waals surface area (Å²) in [5.74, 6) is 1.34. The van der Waals surface area contributed by atoms with Gasteiger partial charge in [0.15, 0.2) is 0 Å². The second kappa shape index (κ2) is 10.4. The number of methoxy groups -OCH3 is 2. The number of ether oxygens (including phenoxy) is 2. The highest BCUT2D eigenvalue weighted by Gasteiger charge is 2.55. The van der Waals surface area contributed by atoms with E-state index >= 15 is 0 Å². The van der Waals surface area contributed by atoms with Crippen molar-refractivity contribution in [2.24, 2.45) is 5.73 Å². The Balaban J connectivity index is 1.42. The number of fused-ring (bicyclic) bond motifs is 3. The fourth-order valence-electron chi connectivity index (χ4n) is 6.51. The molecule has 1 spiro atoms. The Labute approximate surface area is 230 Å². The number of likely N-dealkylation sites (N-methyl/N-ethyl adjacent to an activating group) is 1. The molecule has 9 nitrogen and oxygen atoms in total. The SMILES string of the molecule is CCN1C(=O)N2Cc3cc(OC)cc(OC)c3[C@@H](C)C=C2C12CCN(C(=O)/C(N)=C/N1C=CC=CC1C)CC2. The predicted molar refractivity (Wildman–Crippen MR) is 150 cm³/mol. The molecule has 4 heterocycles. The third-order valence-electron chi connectivity index (χ3n) is 8.55. The van der Waals surface area contributed by atoms with Crippen molar-refractivity contribution in [1.82, 2.24) is 19.6 Å². The third kappa shape index (κ3) is 4.43. The molecule has 2 saturated heterocycles. The molecule has 2 atom stereocenters. The molecule has 0 aromatic heterocycles. The average Bonchev–Trinajstić information content (AvgIpc) is 3.04. The van der Waals surface area contributed by atoms with Crippen LogP contribution in [0.15, 0.2) is 60.2 Å². The van der Waals surface area contributed by atoms with Crippen molar-refractivity contribution in [1.29, 1.82) is 0 Å². The van der Waals surface area contributed by atoms with E-state index in [1.54, 1.807) is 20.4 Å². The monoisotopic (exact) mass is 533 g/mol. The van der Waals surface area contributed by atoms with Gasteiger partial charge in [0, 0.05) is 61.3 Å². The average molecular weight is 534 g/mol. The molecule has 4 aliphatic rings. The number of allylic oxidation sites excluding steroid dienone is 3. The minimum Gasteiger partial charge on any atom is -0.497 e. The molecule has 208 valence electrons. The van der Waals surface area contributed by atoms with Crippen LogP contribution in [-0.2, 0) is 11.3 Å². The van der Waals surface area contributed by atoms with Gasteiger partial charge in [-0.3, -0.25) is 9.69 Å². The van der Waals surface area contributed by atoms with Crippen LogP contribution in [-0.4, -0.2) is 77.0 Å². The van der Waals surface area contributed by atoms with Gasteiger partial charge in [-0.15, -0.1) is 0 Å². The van der Waals surface area contributed by atoms with E-state index in [1.807, 2.05) is 70.0 Å². The van der Waals surface area contributed by atoms with Gasteiger partial charge in [0.25, 0.3) is 5.91 Å². The lowest BCUT2D eigenvalue weighted by atomic mass is 9.82. The molecular formula is C30H39N5O4. The number of likely N-dealkylation sites (tertiary alicyclic amines) is 1. The maximum Gasteiger partial charge on any atom is 0.325 e. The summed E-state index contributed by atoms with van der Waals surface area (Å²) < 4.78 is 11.3. The third-order valence-corrected chi connectivity index (χ3v) is 8.55. The Morgan fingerprint density at radius 3 is 2.54 bits per heavy atom. The summed E-state index contributed by atoms with van der Waals surface area (Å²) in [4.78, 5) is 34.8. The van der Waals surface area contributed by atoms with Crippen molar-refractivity contribution in [2.75, 3.05) is 33.9 Å². The maximum absolute atomic E-state index is 13.8. The highest BCUT2D eigenvalue weighted by atomic mass is 16.5. The Morgan fingerprint density at radius 1 is 1.15 bits per heavy atom. The summed E-state index contributed by atoms with van der Waals surface area (Å²) in [6.45, 7) is 8.30. The van der Waals surface area contributed by atoms with Crippen molar-refractivity contribution < 1.29 is 19.1 Å². The zero-order valence-electron chi connectivity index (χ0n) is 23.5. The van der Waals surface area contributed by atoms with Gasteiger partial charge in [-0.05, 0) is 44.4 Å². The number of nitrogens with zero attached hydrogens (tertiary/aromatic N) is 4. The van der Waals surface area contributed by atoms with E-state index in [2.05, 4.69) is 13.0 Å². The molecule has 39 heavy (non-hydrogen) atoms. The molecule has 1 unspecified atom stereocenters. The molecule has 0 bridgehead atoms. The van der Waals surface area contributed by atoms with Crippen LogP contribution in [0.2, 0.25) is 0 Å². The van der Waals surface area contributed by atoms with Crippen LogP contribution in [0.3, 0.4) is 0 Å². The van der Waals surface area contributed by atoms with Crippen molar-refractivity contribution in [2.45, 2.75) is 57.7 Å². The van der Waals surface area contributed by atoms with Crippen molar-refractivity contribution >= 4 is 11.9 Å². The molecule has 0 saturated carbocycles. The normalized spacial score (nSPS) is 24.0. The molecule has 0 aliphatic carbocycles. The molecule has 9 heteroatoms. The van der Waals surface area contributed by atoms with Gasteiger partial charge in [0.05, 0.1) is 26.3 Å². The van der Waals surface area contributed by atoms with Crippen LogP contribution in [0.5, 0.6) is 11.5 Å². The molecule has 4 aliphatic heterocycles. The highest BCUT2D eigenvalue weighted by molar-refractivity contribution is 5.92. The Morgan fingerprint density at radius 2 is 1.90 bits per heavy atom. The van der Waals surface area contributed by atoms with Crippen LogP contribution in [0, 0.1) is 0 Å². The van der Waals surface area contributed by atoms with Gasteiger partial charge in [-0.25, -0.2) is 4.79 Å². The zero-order chi connectivity index (χ0) is 27.9. The van der Waals surface area contributed by atoms with Crippen LogP contribution in [0.4, 0.5) is 4.79 Å². The van der Waals surface area contributed by atoms with Gasteiger partial charge in [0.1, 0.15) is 17.2 Å². The van der Waals surface area contributed by atoms with E-state index in [0.29, 0.717) is 44.8 Å². The molecule has 1 aromatic rings. The largest absolute Gasteiger partial charge is 0.497 e. The van der Waals surface area contributed by atoms with Crippen LogP contribution in [0.25, 0.3) is 0 Å². The molecule has 2 fully saturated rings. The quantitative estimate of drug-likeness (QED) is 0.578. The molecular weight excluding hydrogens is 494 g/mol. The van der Waals surface area contributed by atoms with Crippen molar-refractivity contribution in [3.8, 4) is 11.5 Å². The number of amides is 3. The number of carbonyl (C=O) groups is 2. The first-order valence-corrected chi connectivity index (χ1v) is 13.7. The number of carbonyl (C=O) groups excluding carboxylic acids is 2. The van der Waals surface area contributed by atoms with E-state index in [9.17, 15) is 9.59 Å². The molecule has 5 rings (SSSR count). The first kappa shape index (κ1) is 26.7. The van der Waals surface area contributed by atoms with Crippen molar-refractivity contribution in [3.05, 3.63) is 71.4 Å². The predicted octanol–water partition coefficient (Wildman–Crippen LogP) is 3.90. The molecule has 2 N–H and O–H groups in total. The van der Waals surface area contributed by atoms with E-state index < -0.39 is 5.54 Å². The summed E-state index contributed by atoms with van der Waals surface area (Å²) in [6.07, 6.45) is 13.1. The maximum atomic E-state index is 13.8. The van der Waals surface area contributed by atoms with E-state index in [4.69, 9.17) is 15.2 Å². The Bertz CT molecular complexity index is 1270. The fourth-order valence-corrected chi connectivity index (χ4v) is 6.51. The smallest absolute Gasteiger partial charge is 0.325 e. The summed E-state index contributed by atoms with van der Waals surface area (Å²) in [7, 11) is 3.30. The van der Waals surface area contributed by atoms with Gasteiger partial charge in [-0.1, -0.05) is 25.2 Å². The van der Waals surface area contributed by atoms with Crippen LogP contribution < -0.4 is 15.2 Å². The number of rotatable bonds is 5. The minimum absolute atomic E-state index is 0.00343. The lowest BCUT2D eigenvalue weighted by Gasteiger charge is -2.44. The van der Waals surface area contributed by atoms with E-state index in [1.165, 1.54) is 0 Å². The minimum atomic E-state index is -0.469. The number of benzene rings is 1. The van der Waals surface area contributed by atoms with Gasteiger partial charge in [0.2, 0.25) is 0 Å². The van der Waals surface area contributed by atoms with Crippen LogP contribution >= 0.6 is 0 Å². The first-order valence-electron chi connectivity index (χ1n) is 13.7. The second-order valence-electron chi connectivity index (χ2n) is 10.7. The standard InChI is InChI=1S/C30H39N5O4/c1-6-35-29(37)34-18-22-16-23(38-4)17-25(39-5)27(22)20(2)15-26(34)30(35)10-13-32(14-11-30)28(36)24(31)19-33-12-8-7-9-21(33)3/h7-9,12,15-17,19-21H,6,10-11,13-14,18,31H2,1-5H3/b24-19-/t20-,21?/m0/s1. The van der Waals surface area contributed by atoms with Crippen LogP contribution in [0.1, 0.15) is 50.7 Å². The van der Waals surface area contributed by atoms with E-state index in [-0.39, 0.29) is 29.6 Å². The number of piperidine rings is 1. The number of urea groups is 1. The van der Waals surface area contributed by atoms with Gasteiger partial charge < -0.3 is 29.9 Å². The summed E-state index contributed by atoms with van der Waals surface area (Å²) in [6, 6.07) is 4.04. The number of nitrogens with two attached hydrogens (primary N) is 1. The lowest BCUT2D eigenvalue weighted by molar-refractivity contribution is -0.129. The number of hydrogen-bond acceptors (Lipinski definition) is 6. The second-order valence-corrected chi connectivity index (χ2v) is 10.7.